The Bertz CT molecular complexity index is 788. The maximum Gasteiger partial charge on any atom is 0.416 e. The lowest BCUT2D eigenvalue weighted by molar-refractivity contribution is -0.137. The summed E-state index contributed by atoms with van der Waals surface area (Å²) < 4.78 is 43.5. The quantitative estimate of drug-likeness (QED) is 0.627. The molecule has 4 nitrogen and oxygen atoms in total. The first-order valence-corrected chi connectivity index (χ1v) is 8.80. The number of aliphatic imine (C=N–C) groups is 1. The van der Waals surface area contributed by atoms with Gasteiger partial charge in [-0.2, -0.15) is 13.2 Å². The largest absolute Gasteiger partial charge is 0.493 e. The van der Waals surface area contributed by atoms with E-state index in [1.54, 1.807) is 7.05 Å². The molecule has 0 bridgehead atoms. The van der Waals surface area contributed by atoms with Crippen molar-refractivity contribution in [1.82, 2.24) is 10.6 Å². The Labute approximate surface area is 156 Å². The normalized spacial score (nSPS) is 17.0. The Morgan fingerprint density at radius 1 is 1.11 bits per heavy atom. The van der Waals surface area contributed by atoms with Crippen LogP contribution < -0.4 is 15.4 Å². The van der Waals surface area contributed by atoms with Crippen molar-refractivity contribution in [3.63, 3.8) is 0 Å². The zero-order valence-electron chi connectivity index (χ0n) is 15.0. The Morgan fingerprint density at radius 2 is 1.85 bits per heavy atom. The predicted molar refractivity (Wildman–Crippen MR) is 98.9 cm³/mol. The van der Waals surface area contributed by atoms with Gasteiger partial charge in [0, 0.05) is 26.1 Å². The number of alkyl halides is 3. The van der Waals surface area contributed by atoms with E-state index in [-0.39, 0.29) is 0 Å². The van der Waals surface area contributed by atoms with Crippen molar-refractivity contribution in [2.24, 2.45) is 4.99 Å². The number of nitrogens with one attached hydrogen (secondary N) is 2. The highest BCUT2D eigenvalue weighted by molar-refractivity contribution is 5.79. The summed E-state index contributed by atoms with van der Waals surface area (Å²) >= 11 is 0. The number of rotatable bonds is 4. The van der Waals surface area contributed by atoms with E-state index < -0.39 is 11.7 Å². The number of ether oxygens (including phenoxy) is 1. The zero-order valence-corrected chi connectivity index (χ0v) is 15.0. The molecule has 1 unspecified atom stereocenters. The molecule has 7 heteroatoms. The van der Waals surface area contributed by atoms with Crippen LogP contribution in [0.5, 0.6) is 5.75 Å². The fourth-order valence-electron chi connectivity index (χ4n) is 3.07. The summed E-state index contributed by atoms with van der Waals surface area (Å²) in [5.74, 6) is 1.85. The lowest BCUT2D eigenvalue weighted by atomic mass is 9.93. The van der Waals surface area contributed by atoms with Crippen LogP contribution in [0.3, 0.4) is 0 Å². The predicted octanol–water partition coefficient (Wildman–Crippen LogP) is 3.94. The van der Waals surface area contributed by atoms with E-state index >= 15 is 0 Å². The van der Waals surface area contributed by atoms with Crippen LogP contribution in [-0.4, -0.2) is 26.2 Å². The lowest BCUT2D eigenvalue weighted by Crippen LogP contribution is -2.39. The molecular weight excluding hydrogens is 355 g/mol. The zero-order chi connectivity index (χ0) is 19.3. The fourth-order valence-corrected chi connectivity index (χ4v) is 3.07. The minimum atomic E-state index is -4.32. The van der Waals surface area contributed by atoms with Gasteiger partial charge in [-0.1, -0.05) is 30.3 Å². The van der Waals surface area contributed by atoms with Gasteiger partial charge in [0.2, 0.25) is 0 Å². The van der Waals surface area contributed by atoms with E-state index in [1.807, 2.05) is 18.2 Å². The van der Waals surface area contributed by atoms with Crippen molar-refractivity contribution in [3.05, 3.63) is 65.2 Å². The van der Waals surface area contributed by atoms with Gasteiger partial charge in [-0.05, 0) is 35.7 Å². The first kappa shape index (κ1) is 19.1. The smallest absolute Gasteiger partial charge is 0.416 e. The molecule has 0 saturated heterocycles. The highest BCUT2D eigenvalue weighted by atomic mass is 19.4. The average molecular weight is 377 g/mol. The number of benzene rings is 2. The van der Waals surface area contributed by atoms with Crippen LogP contribution in [0.2, 0.25) is 0 Å². The second-order valence-electron chi connectivity index (χ2n) is 6.37. The number of guanidine groups is 1. The van der Waals surface area contributed by atoms with Crippen LogP contribution in [0.1, 0.15) is 29.0 Å². The maximum atomic E-state index is 12.6. The van der Waals surface area contributed by atoms with Gasteiger partial charge < -0.3 is 15.4 Å². The SMILES string of the molecule is CN=C(NCc1ccc(C(F)(F)F)cc1)NCC1CCOc2ccccc21. The van der Waals surface area contributed by atoms with Gasteiger partial charge in [0.25, 0.3) is 0 Å². The number of nitrogens with zero attached hydrogens (tertiary/aromatic N) is 1. The number of para-hydroxylation sites is 1. The first-order valence-electron chi connectivity index (χ1n) is 8.80. The summed E-state index contributed by atoms with van der Waals surface area (Å²) in [4.78, 5) is 4.18. The van der Waals surface area contributed by atoms with Crippen molar-refractivity contribution in [2.45, 2.75) is 25.1 Å². The van der Waals surface area contributed by atoms with E-state index in [9.17, 15) is 13.2 Å². The second-order valence-corrected chi connectivity index (χ2v) is 6.37. The number of hydrogen-bond acceptors (Lipinski definition) is 2. The average Bonchev–Trinajstić information content (AvgIpc) is 2.68. The molecule has 1 heterocycles. The van der Waals surface area contributed by atoms with Gasteiger partial charge in [0.05, 0.1) is 12.2 Å². The summed E-state index contributed by atoms with van der Waals surface area (Å²) in [7, 11) is 1.67. The third-order valence-corrected chi connectivity index (χ3v) is 4.56. The standard InChI is InChI=1S/C20H22F3N3O/c1-24-19(25-12-14-6-8-16(9-7-14)20(21,22)23)26-13-15-10-11-27-18-5-3-2-4-17(15)18/h2-9,15H,10-13H2,1H3,(H2,24,25,26). The highest BCUT2D eigenvalue weighted by Gasteiger charge is 2.29. The third-order valence-electron chi connectivity index (χ3n) is 4.56. The topological polar surface area (TPSA) is 45.7 Å². The van der Waals surface area contributed by atoms with E-state index in [0.29, 0.717) is 31.6 Å². The maximum absolute atomic E-state index is 12.6. The molecule has 144 valence electrons. The lowest BCUT2D eigenvalue weighted by Gasteiger charge is -2.26. The van der Waals surface area contributed by atoms with Gasteiger partial charge in [0.15, 0.2) is 5.96 Å². The molecule has 2 aromatic carbocycles. The number of hydrogen-bond donors (Lipinski definition) is 2. The molecular formula is C20H22F3N3O. The van der Waals surface area contributed by atoms with Crippen LogP contribution in [0.4, 0.5) is 13.2 Å². The fraction of sp³-hybridized carbons (Fsp3) is 0.350. The van der Waals surface area contributed by atoms with E-state index in [1.165, 1.54) is 17.7 Å². The van der Waals surface area contributed by atoms with E-state index in [0.717, 1.165) is 29.9 Å². The molecule has 0 amide bonds. The van der Waals surface area contributed by atoms with Gasteiger partial charge in [0.1, 0.15) is 5.75 Å². The van der Waals surface area contributed by atoms with Gasteiger partial charge in [-0.3, -0.25) is 4.99 Å². The van der Waals surface area contributed by atoms with E-state index in [2.05, 4.69) is 21.7 Å². The van der Waals surface area contributed by atoms with Crippen molar-refractivity contribution >= 4 is 5.96 Å². The highest BCUT2D eigenvalue weighted by Crippen LogP contribution is 2.32. The Kier molecular flexibility index (Phi) is 5.88. The molecule has 0 fully saturated rings. The molecule has 2 aromatic rings. The molecule has 0 saturated carbocycles. The molecule has 3 rings (SSSR count). The first-order chi connectivity index (χ1) is 13.0. The van der Waals surface area contributed by atoms with Crippen molar-refractivity contribution in [1.29, 1.82) is 0 Å². The summed E-state index contributed by atoms with van der Waals surface area (Å²) in [6.45, 7) is 1.77. The molecule has 0 spiro atoms. The molecule has 2 N–H and O–H groups in total. The Hall–Kier alpha value is -2.70. The summed E-state index contributed by atoms with van der Waals surface area (Å²) in [6.07, 6.45) is -3.40. The minimum Gasteiger partial charge on any atom is -0.493 e. The minimum absolute atomic E-state index is 0.319. The van der Waals surface area contributed by atoms with Crippen LogP contribution >= 0.6 is 0 Å². The van der Waals surface area contributed by atoms with Crippen molar-refractivity contribution in [2.75, 3.05) is 20.2 Å². The summed E-state index contributed by atoms with van der Waals surface area (Å²) in [5.41, 5.74) is 1.28. The van der Waals surface area contributed by atoms with Crippen LogP contribution in [0.25, 0.3) is 0 Å². The third kappa shape index (κ3) is 4.93. The van der Waals surface area contributed by atoms with Crippen LogP contribution in [0, 0.1) is 0 Å². The van der Waals surface area contributed by atoms with Gasteiger partial charge in [-0.15, -0.1) is 0 Å². The Morgan fingerprint density at radius 3 is 2.56 bits per heavy atom. The van der Waals surface area contributed by atoms with Crippen LogP contribution in [-0.2, 0) is 12.7 Å². The molecule has 0 radical (unpaired) electrons. The Balaban J connectivity index is 1.53. The van der Waals surface area contributed by atoms with Gasteiger partial charge >= 0.3 is 6.18 Å². The summed E-state index contributed by atoms with van der Waals surface area (Å²) in [5, 5.41) is 6.42. The second kappa shape index (κ2) is 8.33. The van der Waals surface area contributed by atoms with Crippen molar-refractivity contribution < 1.29 is 17.9 Å². The van der Waals surface area contributed by atoms with Crippen molar-refractivity contribution in [3.8, 4) is 5.75 Å². The molecule has 27 heavy (non-hydrogen) atoms. The molecule has 1 aliphatic rings. The van der Waals surface area contributed by atoms with Gasteiger partial charge in [-0.25, -0.2) is 0 Å². The number of fused-ring (bicyclic) bond motifs is 1. The molecule has 1 aliphatic heterocycles. The number of halogens is 3. The summed E-state index contributed by atoms with van der Waals surface area (Å²) in [6, 6.07) is 13.1. The monoisotopic (exact) mass is 377 g/mol. The van der Waals surface area contributed by atoms with Crippen LogP contribution in [0.15, 0.2) is 53.5 Å². The molecule has 1 atom stereocenters. The van der Waals surface area contributed by atoms with E-state index in [4.69, 9.17) is 4.74 Å². The molecule has 0 aromatic heterocycles. The molecule has 0 aliphatic carbocycles.